The Morgan fingerprint density at radius 3 is 2.45 bits per heavy atom. The third-order valence-corrected chi connectivity index (χ3v) is 3.49. The SMILES string of the molecule is CCc1ccc(OC)c(/C=C/C(=O)c2ccccc2OC)c1. The Kier molecular flexibility index (Phi) is 5.37. The molecule has 2 aromatic rings. The van der Waals surface area contributed by atoms with Crippen LogP contribution in [0.15, 0.2) is 48.5 Å². The molecule has 0 spiro atoms. The van der Waals surface area contributed by atoms with Crippen molar-refractivity contribution < 1.29 is 14.3 Å². The van der Waals surface area contributed by atoms with Crippen molar-refractivity contribution in [2.75, 3.05) is 14.2 Å². The number of carbonyl (C=O) groups is 1. The van der Waals surface area contributed by atoms with Crippen LogP contribution in [0.4, 0.5) is 0 Å². The Bertz CT molecular complexity index is 687. The van der Waals surface area contributed by atoms with E-state index >= 15 is 0 Å². The number of aryl methyl sites for hydroxylation is 1. The summed E-state index contributed by atoms with van der Waals surface area (Å²) >= 11 is 0. The lowest BCUT2D eigenvalue weighted by molar-refractivity contribution is 0.104. The van der Waals surface area contributed by atoms with Gasteiger partial charge >= 0.3 is 0 Å². The minimum atomic E-state index is -0.0959. The number of carbonyl (C=O) groups excluding carboxylic acids is 1. The fraction of sp³-hybridized carbons (Fsp3) is 0.211. The molecule has 3 nitrogen and oxygen atoms in total. The average Bonchev–Trinajstić information content (AvgIpc) is 2.59. The van der Waals surface area contributed by atoms with Crippen LogP contribution in [0.25, 0.3) is 6.08 Å². The molecule has 0 atom stereocenters. The van der Waals surface area contributed by atoms with Crippen LogP contribution in [0.2, 0.25) is 0 Å². The fourth-order valence-corrected chi connectivity index (χ4v) is 2.24. The third kappa shape index (κ3) is 3.55. The van der Waals surface area contributed by atoms with Crippen molar-refractivity contribution >= 4 is 11.9 Å². The largest absolute Gasteiger partial charge is 0.496 e. The summed E-state index contributed by atoms with van der Waals surface area (Å²) in [6.07, 6.45) is 4.27. The Labute approximate surface area is 131 Å². The van der Waals surface area contributed by atoms with E-state index in [1.165, 1.54) is 5.56 Å². The van der Waals surface area contributed by atoms with E-state index in [-0.39, 0.29) is 5.78 Å². The van der Waals surface area contributed by atoms with Crippen molar-refractivity contribution in [2.24, 2.45) is 0 Å². The van der Waals surface area contributed by atoms with Crippen LogP contribution in [-0.4, -0.2) is 20.0 Å². The molecule has 3 heteroatoms. The van der Waals surface area contributed by atoms with Gasteiger partial charge in [-0.1, -0.05) is 25.1 Å². The van der Waals surface area contributed by atoms with Gasteiger partial charge in [0.25, 0.3) is 0 Å². The molecule has 0 heterocycles. The zero-order chi connectivity index (χ0) is 15.9. The van der Waals surface area contributed by atoms with Crippen LogP contribution >= 0.6 is 0 Å². The topological polar surface area (TPSA) is 35.5 Å². The second-order valence-corrected chi connectivity index (χ2v) is 4.83. The smallest absolute Gasteiger partial charge is 0.189 e. The maximum Gasteiger partial charge on any atom is 0.189 e. The van der Waals surface area contributed by atoms with Crippen LogP contribution in [0.5, 0.6) is 11.5 Å². The highest BCUT2D eigenvalue weighted by Crippen LogP contribution is 2.23. The highest BCUT2D eigenvalue weighted by molar-refractivity contribution is 6.08. The molecule has 0 aromatic heterocycles. The molecule has 0 N–H and O–H groups in total. The molecule has 0 aliphatic heterocycles. The maximum absolute atomic E-state index is 12.3. The number of methoxy groups -OCH3 is 2. The number of rotatable bonds is 6. The van der Waals surface area contributed by atoms with Gasteiger partial charge in [-0.05, 0) is 48.4 Å². The molecule has 0 aliphatic rings. The number of benzene rings is 2. The average molecular weight is 296 g/mol. The predicted octanol–water partition coefficient (Wildman–Crippen LogP) is 4.16. The van der Waals surface area contributed by atoms with Crippen LogP contribution in [0, 0.1) is 0 Å². The van der Waals surface area contributed by atoms with E-state index in [1.807, 2.05) is 30.3 Å². The van der Waals surface area contributed by atoms with Crippen molar-refractivity contribution in [3.05, 3.63) is 65.2 Å². The highest BCUT2D eigenvalue weighted by atomic mass is 16.5. The minimum absolute atomic E-state index is 0.0959. The lowest BCUT2D eigenvalue weighted by atomic mass is 10.0. The van der Waals surface area contributed by atoms with Gasteiger partial charge in [0.2, 0.25) is 0 Å². The Morgan fingerprint density at radius 1 is 1.05 bits per heavy atom. The van der Waals surface area contributed by atoms with E-state index < -0.39 is 0 Å². The summed E-state index contributed by atoms with van der Waals surface area (Å²) in [7, 11) is 3.18. The number of hydrogen-bond donors (Lipinski definition) is 0. The number of ketones is 1. The molecular weight excluding hydrogens is 276 g/mol. The van der Waals surface area contributed by atoms with Crippen LogP contribution < -0.4 is 9.47 Å². The zero-order valence-corrected chi connectivity index (χ0v) is 13.1. The number of ether oxygens (including phenoxy) is 2. The van der Waals surface area contributed by atoms with Gasteiger partial charge in [0.15, 0.2) is 5.78 Å². The van der Waals surface area contributed by atoms with Gasteiger partial charge < -0.3 is 9.47 Å². The normalized spacial score (nSPS) is 10.7. The molecule has 0 amide bonds. The van der Waals surface area contributed by atoms with Gasteiger partial charge in [-0.15, -0.1) is 0 Å². The number of hydrogen-bond acceptors (Lipinski definition) is 3. The van der Waals surface area contributed by atoms with Crippen molar-refractivity contribution in [3.63, 3.8) is 0 Å². The molecule has 2 rings (SSSR count). The zero-order valence-electron chi connectivity index (χ0n) is 13.1. The molecule has 0 bridgehead atoms. The van der Waals surface area contributed by atoms with Crippen molar-refractivity contribution in [3.8, 4) is 11.5 Å². The maximum atomic E-state index is 12.3. The quantitative estimate of drug-likeness (QED) is 0.593. The molecule has 0 radical (unpaired) electrons. The van der Waals surface area contributed by atoms with E-state index in [0.29, 0.717) is 11.3 Å². The second kappa shape index (κ2) is 7.46. The summed E-state index contributed by atoms with van der Waals surface area (Å²) in [6.45, 7) is 2.09. The van der Waals surface area contributed by atoms with E-state index in [0.717, 1.165) is 17.7 Å². The fourth-order valence-electron chi connectivity index (χ4n) is 2.24. The summed E-state index contributed by atoms with van der Waals surface area (Å²) in [5.74, 6) is 1.23. The minimum Gasteiger partial charge on any atom is -0.496 e. The molecule has 114 valence electrons. The van der Waals surface area contributed by atoms with E-state index in [9.17, 15) is 4.79 Å². The number of para-hydroxylation sites is 1. The monoisotopic (exact) mass is 296 g/mol. The summed E-state index contributed by atoms with van der Waals surface area (Å²) in [5.41, 5.74) is 2.64. The van der Waals surface area contributed by atoms with Crippen LogP contribution in [0.1, 0.15) is 28.4 Å². The molecule has 2 aromatic carbocycles. The van der Waals surface area contributed by atoms with Crippen molar-refractivity contribution in [2.45, 2.75) is 13.3 Å². The molecule has 22 heavy (non-hydrogen) atoms. The van der Waals surface area contributed by atoms with Crippen LogP contribution in [0.3, 0.4) is 0 Å². The first kappa shape index (κ1) is 15.8. The van der Waals surface area contributed by atoms with Gasteiger partial charge in [0, 0.05) is 5.56 Å². The van der Waals surface area contributed by atoms with Gasteiger partial charge in [-0.2, -0.15) is 0 Å². The second-order valence-electron chi connectivity index (χ2n) is 4.83. The summed E-state index contributed by atoms with van der Waals surface area (Å²) in [5, 5.41) is 0. The first-order chi connectivity index (χ1) is 10.7. The van der Waals surface area contributed by atoms with Gasteiger partial charge in [0.05, 0.1) is 19.8 Å². The highest BCUT2D eigenvalue weighted by Gasteiger charge is 2.09. The Hall–Kier alpha value is -2.55. The Balaban J connectivity index is 2.29. The molecule has 0 saturated carbocycles. The molecule has 0 fully saturated rings. The molecule has 0 aliphatic carbocycles. The van der Waals surface area contributed by atoms with E-state index in [1.54, 1.807) is 38.5 Å². The third-order valence-electron chi connectivity index (χ3n) is 3.49. The summed E-state index contributed by atoms with van der Waals surface area (Å²) in [4.78, 5) is 12.3. The van der Waals surface area contributed by atoms with E-state index in [2.05, 4.69) is 6.92 Å². The molecule has 0 unspecified atom stereocenters. The summed E-state index contributed by atoms with van der Waals surface area (Å²) in [6, 6.07) is 13.2. The Morgan fingerprint density at radius 2 is 1.77 bits per heavy atom. The number of allylic oxidation sites excluding steroid dienone is 1. The lowest BCUT2D eigenvalue weighted by Gasteiger charge is -2.07. The predicted molar refractivity (Wildman–Crippen MR) is 88.7 cm³/mol. The van der Waals surface area contributed by atoms with Gasteiger partial charge in [-0.3, -0.25) is 4.79 Å². The summed E-state index contributed by atoms with van der Waals surface area (Å²) < 4.78 is 10.6. The van der Waals surface area contributed by atoms with Crippen LogP contribution in [-0.2, 0) is 6.42 Å². The standard InChI is InChI=1S/C19H20O3/c1-4-14-9-12-18(21-2)15(13-14)10-11-17(20)16-7-5-6-8-19(16)22-3/h5-13H,4H2,1-3H3/b11-10+. The first-order valence-corrected chi connectivity index (χ1v) is 7.22. The van der Waals surface area contributed by atoms with Gasteiger partial charge in [-0.25, -0.2) is 0 Å². The van der Waals surface area contributed by atoms with E-state index in [4.69, 9.17) is 9.47 Å². The molecular formula is C19H20O3. The van der Waals surface area contributed by atoms with Crippen molar-refractivity contribution in [1.29, 1.82) is 0 Å². The molecule has 0 saturated heterocycles. The lowest BCUT2D eigenvalue weighted by Crippen LogP contribution is -1.98. The van der Waals surface area contributed by atoms with Crippen molar-refractivity contribution in [1.82, 2.24) is 0 Å². The van der Waals surface area contributed by atoms with Gasteiger partial charge in [0.1, 0.15) is 11.5 Å². The first-order valence-electron chi connectivity index (χ1n) is 7.22.